The fourth-order valence-electron chi connectivity index (χ4n) is 0.590. The molecule has 0 aliphatic carbocycles. The topological polar surface area (TPSA) is 241 Å². The average molecular weight is 402 g/mol. The molecule has 0 fully saturated rings. The summed E-state index contributed by atoms with van der Waals surface area (Å²) in [6.45, 7) is 0. The van der Waals surface area contributed by atoms with Crippen molar-refractivity contribution >= 4 is 32.2 Å². The van der Waals surface area contributed by atoms with E-state index in [1.165, 1.54) is 0 Å². The molecule has 0 radical (unpaired) electrons. The van der Waals surface area contributed by atoms with Gasteiger partial charge >= 0.3 is 19.5 Å². The van der Waals surface area contributed by atoms with E-state index in [1.807, 2.05) is 0 Å². The van der Waals surface area contributed by atoms with Crippen LogP contribution < -0.4 is 21.7 Å². The van der Waals surface area contributed by atoms with Crippen LogP contribution in [-0.2, 0) is 49.3 Å². The molecule has 15 heteroatoms. The number of hydrogen-bond acceptors (Lipinski definition) is 10. The van der Waals surface area contributed by atoms with Gasteiger partial charge in [-0.25, -0.2) is 0 Å². The molecule has 0 unspecified atom stereocenters. The van der Waals surface area contributed by atoms with Gasteiger partial charge in [0.15, 0.2) is 0 Å². The first kappa shape index (κ1) is 25.3. The zero-order chi connectivity index (χ0) is 16.7. The van der Waals surface area contributed by atoms with Crippen molar-refractivity contribution in [2.45, 2.75) is 12.1 Å². The molecule has 0 aliphatic heterocycles. The van der Waals surface area contributed by atoms with Crippen molar-refractivity contribution in [2.75, 3.05) is 11.5 Å². The van der Waals surface area contributed by atoms with Crippen LogP contribution in [0.15, 0.2) is 0 Å². The van der Waals surface area contributed by atoms with Gasteiger partial charge < -0.3 is 31.3 Å². The van der Waals surface area contributed by atoms with E-state index in [9.17, 15) is 36.6 Å². The van der Waals surface area contributed by atoms with Crippen LogP contribution >= 0.6 is 0 Å². The fourth-order valence-corrected chi connectivity index (χ4v) is 1.77. The van der Waals surface area contributed by atoms with Gasteiger partial charge in [-0.3, -0.25) is 9.11 Å². The monoisotopic (exact) mass is 400 g/mol. The summed E-state index contributed by atoms with van der Waals surface area (Å²) in [7, 11) is -8.63. The summed E-state index contributed by atoms with van der Waals surface area (Å²) in [5.41, 5.74) is 9.40. The van der Waals surface area contributed by atoms with Crippen molar-refractivity contribution in [1.82, 2.24) is 0 Å². The Kier molecular flexibility index (Phi) is 12.2. The minimum atomic E-state index is -4.31. The number of carbonyl (C=O) groups excluding carboxylic acids is 2. The van der Waals surface area contributed by atoms with Crippen molar-refractivity contribution < 1.29 is 65.2 Å². The number of carbonyl (C=O) groups is 2. The molecule has 0 aromatic carbocycles. The van der Waals surface area contributed by atoms with Gasteiger partial charge in [0.25, 0.3) is 20.2 Å². The Hall–Kier alpha value is -0.697. The molecule has 0 spiro atoms. The van der Waals surface area contributed by atoms with Crippen LogP contribution in [0.3, 0.4) is 0 Å². The average Bonchev–Trinajstić information content (AvgIpc) is 2.12. The Morgan fingerprint density at radius 2 is 1.05 bits per heavy atom. The van der Waals surface area contributed by atoms with Gasteiger partial charge in [-0.2, -0.15) is 16.8 Å². The van der Waals surface area contributed by atoms with Crippen molar-refractivity contribution in [3.05, 3.63) is 0 Å². The Morgan fingerprint density at radius 1 is 0.857 bits per heavy atom. The summed E-state index contributed by atoms with van der Waals surface area (Å²) < 4.78 is 55.8. The number of aliphatic carboxylic acids is 2. The Labute approximate surface area is 132 Å². The van der Waals surface area contributed by atoms with Crippen molar-refractivity contribution in [1.29, 1.82) is 0 Å². The molecule has 21 heavy (non-hydrogen) atoms. The molecular formula is C6H12N2O10S2Zn. The third-order valence-corrected chi connectivity index (χ3v) is 2.95. The standard InChI is InChI=1S/2C3H7NO5S.Zn/c2*4-2(3(5)6)1-10(7,8)9;/h2*2H,1,4H2,(H,5,6)(H,7,8,9);/q;;+2/p-2/t2*2-;/m00./s1. The summed E-state index contributed by atoms with van der Waals surface area (Å²) in [5, 5.41) is 19.5. The minimum absolute atomic E-state index is 0. The fraction of sp³-hybridized carbons (Fsp3) is 0.667. The van der Waals surface area contributed by atoms with Gasteiger partial charge in [0.2, 0.25) is 0 Å². The third-order valence-electron chi connectivity index (χ3n) is 1.39. The minimum Gasteiger partial charge on any atom is -0.548 e. The summed E-state index contributed by atoms with van der Waals surface area (Å²) in [5.74, 6) is -5.46. The van der Waals surface area contributed by atoms with Crippen LogP contribution in [-0.4, -0.2) is 61.5 Å². The number of carboxylic acid groups (broad SMARTS) is 2. The molecule has 0 rings (SSSR count). The molecule has 0 heterocycles. The van der Waals surface area contributed by atoms with Crippen LogP contribution in [0, 0.1) is 0 Å². The molecule has 0 aromatic heterocycles. The summed E-state index contributed by atoms with van der Waals surface area (Å²) in [6, 6.07) is -3.34. The smallest absolute Gasteiger partial charge is 0.548 e. The number of hydrogen-bond donors (Lipinski definition) is 4. The molecule has 0 aromatic rings. The largest absolute Gasteiger partial charge is 2.00 e. The van der Waals surface area contributed by atoms with Crippen LogP contribution in [0.4, 0.5) is 0 Å². The van der Waals surface area contributed by atoms with E-state index in [1.54, 1.807) is 0 Å². The zero-order valence-corrected chi connectivity index (χ0v) is 15.0. The van der Waals surface area contributed by atoms with E-state index in [0.717, 1.165) is 0 Å². The van der Waals surface area contributed by atoms with Crippen LogP contribution in [0.25, 0.3) is 0 Å². The normalized spacial score (nSPS) is 13.9. The number of nitrogens with two attached hydrogens (primary N) is 2. The second-order valence-electron chi connectivity index (χ2n) is 3.35. The molecule has 0 saturated heterocycles. The summed E-state index contributed by atoms with van der Waals surface area (Å²) in [6.07, 6.45) is 0. The predicted octanol–water partition coefficient (Wildman–Crippen LogP) is -6.10. The molecule has 12 nitrogen and oxygen atoms in total. The Morgan fingerprint density at radius 3 is 1.10 bits per heavy atom. The van der Waals surface area contributed by atoms with Gasteiger partial charge in [-0.15, -0.1) is 0 Å². The molecule has 0 bridgehead atoms. The van der Waals surface area contributed by atoms with E-state index < -0.39 is 55.8 Å². The van der Waals surface area contributed by atoms with E-state index >= 15 is 0 Å². The van der Waals surface area contributed by atoms with E-state index in [4.69, 9.17) is 20.6 Å². The second-order valence-corrected chi connectivity index (χ2v) is 6.34. The molecule has 0 amide bonds. The molecule has 6 N–H and O–H groups in total. The first-order chi connectivity index (χ1) is 8.65. The molecule has 120 valence electrons. The zero-order valence-electron chi connectivity index (χ0n) is 10.4. The van der Waals surface area contributed by atoms with E-state index in [-0.39, 0.29) is 19.5 Å². The van der Waals surface area contributed by atoms with Gasteiger partial charge in [-0.05, 0) is 0 Å². The van der Waals surface area contributed by atoms with Crippen molar-refractivity contribution in [2.24, 2.45) is 11.5 Å². The van der Waals surface area contributed by atoms with Crippen molar-refractivity contribution in [3.8, 4) is 0 Å². The summed E-state index contributed by atoms with van der Waals surface area (Å²) >= 11 is 0. The van der Waals surface area contributed by atoms with Crippen LogP contribution in [0.1, 0.15) is 0 Å². The van der Waals surface area contributed by atoms with Gasteiger partial charge in [0.05, 0.1) is 35.5 Å². The third kappa shape index (κ3) is 19.3. The summed E-state index contributed by atoms with van der Waals surface area (Å²) in [4.78, 5) is 19.5. The maximum Gasteiger partial charge on any atom is 2.00 e. The Bertz CT molecular complexity index is 494. The molecule has 2 atom stereocenters. The van der Waals surface area contributed by atoms with Gasteiger partial charge in [0.1, 0.15) is 0 Å². The van der Waals surface area contributed by atoms with Crippen LogP contribution in [0.2, 0.25) is 0 Å². The van der Waals surface area contributed by atoms with Crippen molar-refractivity contribution in [3.63, 3.8) is 0 Å². The maximum absolute atomic E-state index is 9.93. The quantitative estimate of drug-likeness (QED) is 0.240. The predicted molar refractivity (Wildman–Crippen MR) is 58.8 cm³/mol. The maximum atomic E-state index is 9.93. The van der Waals surface area contributed by atoms with Gasteiger partial charge in [0, 0.05) is 0 Å². The number of carboxylic acids is 2. The second kappa shape index (κ2) is 10.1. The van der Waals surface area contributed by atoms with Crippen LogP contribution in [0.5, 0.6) is 0 Å². The molecular weight excluding hydrogens is 390 g/mol. The first-order valence-corrected chi connectivity index (χ1v) is 7.70. The number of rotatable bonds is 6. The van der Waals surface area contributed by atoms with E-state index in [2.05, 4.69) is 0 Å². The van der Waals surface area contributed by atoms with Gasteiger partial charge in [-0.1, -0.05) is 0 Å². The van der Waals surface area contributed by atoms with E-state index in [0.29, 0.717) is 0 Å². The SMILES string of the molecule is N[C@@H](CS(=O)(=O)O)C(=O)[O-].N[C@@H](CS(=O)(=O)O)C(=O)[O-].[Zn+2]. The first-order valence-electron chi connectivity index (χ1n) is 4.49. The Balaban J connectivity index is -0.000000295. The molecule has 0 aliphatic rings. The molecule has 0 saturated carbocycles.